The second-order valence-electron chi connectivity index (χ2n) is 6.97. The molecule has 0 radical (unpaired) electrons. The Balaban J connectivity index is 1.62. The average molecular weight is 378 g/mol. The molecule has 3 aromatic rings. The zero-order valence-corrected chi connectivity index (χ0v) is 16.4. The van der Waals surface area contributed by atoms with Gasteiger partial charge in [0.05, 0.1) is 19.7 Å². The Labute approximate surface area is 165 Å². The summed E-state index contributed by atoms with van der Waals surface area (Å²) >= 11 is 0. The van der Waals surface area contributed by atoms with Crippen molar-refractivity contribution in [1.29, 1.82) is 0 Å². The second kappa shape index (κ2) is 8.33. The molecule has 1 aliphatic heterocycles. The van der Waals surface area contributed by atoms with Crippen molar-refractivity contribution in [2.45, 2.75) is 25.8 Å². The Morgan fingerprint density at radius 2 is 1.79 bits per heavy atom. The predicted molar refractivity (Wildman–Crippen MR) is 112 cm³/mol. The van der Waals surface area contributed by atoms with Gasteiger partial charge in [-0.1, -0.05) is 12.1 Å². The summed E-state index contributed by atoms with van der Waals surface area (Å²) in [6.07, 6.45) is 3.72. The molecule has 6 heteroatoms. The van der Waals surface area contributed by atoms with Gasteiger partial charge in [-0.2, -0.15) is 4.98 Å². The minimum absolute atomic E-state index is 0.574. The van der Waals surface area contributed by atoms with Gasteiger partial charge in [0.15, 0.2) is 0 Å². The standard InChI is InChI=1S/C22H26N4O2/c1-27-17-11-10-16(20(14-17)28-2)15-23-22-24-19-9-5-4-8-18(19)21(25-22)26-12-6-3-7-13-26/h4-5,8-11,14H,3,6-7,12-13,15H2,1-2H3,(H,23,24,25). The molecule has 1 saturated heterocycles. The number of aromatic nitrogens is 2. The summed E-state index contributed by atoms with van der Waals surface area (Å²) in [6.45, 7) is 2.67. The molecule has 2 heterocycles. The molecule has 1 aromatic heterocycles. The van der Waals surface area contributed by atoms with Crippen LogP contribution < -0.4 is 19.7 Å². The van der Waals surface area contributed by atoms with Crippen LogP contribution in [0.25, 0.3) is 10.9 Å². The first-order chi connectivity index (χ1) is 13.8. The van der Waals surface area contributed by atoms with Crippen LogP contribution in [0.1, 0.15) is 24.8 Å². The number of rotatable bonds is 6. The Bertz CT molecular complexity index is 954. The lowest BCUT2D eigenvalue weighted by molar-refractivity contribution is 0.391. The topological polar surface area (TPSA) is 59.5 Å². The number of hydrogen-bond donors (Lipinski definition) is 1. The van der Waals surface area contributed by atoms with E-state index in [1.807, 2.05) is 30.3 Å². The van der Waals surface area contributed by atoms with Crippen molar-refractivity contribution >= 4 is 22.7 Å². The number of anilines is 2. The van der Waals surface area contributed by atoms with Crippen LogP contribution in [-0.4, -0.2) is 37.3 Å². The van der Waals surface area contributed by atoms with E-state index < -0.39 is 0 Å². The first-order valence-electron chi connectivity index (χ1n) is 9.75. The highest BCUT2D eigenvalue weighted by Gasteiger charge is 2.17. The molecule has 0 unspecified atom stereocenters. The molecule has 6 nitrogen and oxygen atoms in total. The molecule has 0 atom stereocenters. The minimum Gasteiger partial charge on any atom is -0.497 e. The molecular weight excluding hydrogens is 352 g/mol. The Kier molecular flexibility index (Phi) is 5.46. The van der Waals surface area contributed by atoms with Crippen molar-refractivity contribution < 1.29 is 9.47 Å². The number of nitrogens with one attached hydrogen (secondary N) is 1. The monoisotopic (exact) mass is 378 g/mol. The van der Waals surface area contributed by atoms with Gasteiger partial charge in [-0.05, 0) is 43.5 Å². The van der Waals surface area contributed by atoms with Gasteiger partial charge in [-0.15, -0.1) is 0 Å². The maximum Gasteiger partial charge on any atom is 0.225 e. The van der Waals surface area contributed by atoms with Crippen LogP contribution in [0, 0.1) is 0 Å². The number of para-hydroxylation sites is 1. The fraction of sp³-hybridized carbons (Fsp3) is 0.364. The van der Waals surface area contributed by atoms with Gasteiger partial charge in [0.25, 0.3) is 0 Å². The Hall–Kier alpha value is -3.02. The zero-order chi connectivity index (χ0) is 19.3. The van der Waals surface area contributed by atoms with Gasteiger partial charge >= 0.3 is 0 Å². The molecule has 0 saturated carbocycles. The van der Waals surface area contributed by atoms with Crippen LogP contribution in [0.3, 0.4) is 0 Å². The minimum atomic E-state index is 0.574. The van der Waals surface area contributed by atoms with Crippen molar-refractivity contribution in [3.8, 4) is 11.5 Å². The molecule has 4 rings (SSSR count). The third-order valence-electron chi connectivity index (χ3n) is 5.17. The van der Waals surface area contributed by atoms with E-state index in [1.54, 1.807) is 14.2 Å². The number of benzene rings is 2. The van der Waals surface area contributed by atoms with Gasteiger partial charge in [-0.25, -0.2) is 4.98 Å². The van der Waals surface area contributed by atoms with Crippen molar-refractivity contribution in [2.75, 3.05) is 37.5 Å². The van der Waals surface area contributed by atoms with Crippen LogP contribution >= 0.6 is 0 Å². The Morgan fingerprint density at radius 1 is 0.964 bits per heavy atom. The van der Waals surface area contributed by atoms with Gasteiger partial charge in [0.1, 0.15) is 17.3 Å². The number of fused-ring (bicyclic) bond motifs is 1. The summed E-state index contributed by atoms with van der Waals surface area (Å²) in [4.78, 5) is 12.0. The van der Waals surface area contributed by atoms with Crippen LogP contribution in [-0.2, 0) is 6.54 Å². The lowest BCUT2D eigenvalue weighted by Crippen LogP contribution is -2.30. The fourth-order valence-electron chi connectivity index (χ4n) is 3.66. The summed E-state index contributed by atoms with van der Waals surface area (Å²) in [6, 6.07) is 14.0. The number of hydrogen-bond acceptors (Lipinski definition) is 6. The first kappa shape index (κ1) is 18.3. The van der Waals surface area contributed by atoms with Crippen LogP contribution in [0.4, 0.5) is 11.8 Å². The summed E-state index contributed by atoms with van der Waals surface area (Å²) in [7, 11) is 3.32. The van der Waals surface area contributed by atoms with Gasteiger partial charge in [0.2, 0.25) is 5.95 Å². The molecule has 0 bridgehead atoms. The molecule has 146 valence electrons. The first-order valence-corrected chi connectivity index (χ1v) is 9.75. The van der Waals surface area contributed by atoms with Crippen LogP contribution in [0.5, 0.6) is 11.5 Å². The van der Waals surface area contributed by atoms with Crippen LogP contribution in [0.2, 0.25) is 0 Å². The van der Waals surface area contributed by atoms with E-state index in [1.165, 1.54) is 19.3 Å². The third kappa shape index (κ3) is 3.81. The molecule has 0 spiro atoms. The summed E-state index contributed by atoms with van der Waals surface area (Å²) in [5, 5.41) is 4.48. The molecular formula is C22H26N4O2. The van der Waals surface area contributed by atoms with Gasteiger partial charge in [-0.3, -0.25) is 0 Å². The van der Waals surface area contributed by atoms with Gasteiger partial charge in [0, 0.05) is 36.7 Å². The third-order valence-corrected chi connectivity index (χ3v) is 5.17. The quantitative estimate of drug-likeness (QED) is 0.692. The molecule has 2 aromatic carbocycles. The highest BCUT2D eigenvalue weighted by molar-refractivity contribution is 5.90. The zero-order valence-electron chi connectivity index (χ0n) is 16.4. The maximum absolute atomic E-state index is 5.50. The smallest absolute Gasteiger partial charge is 0.225 e. The molecule has 0 aliphatic carbocycles. The Morgan fingerprint density at radius 3 is 2.57 bits per heavy atom. The van der Waals surface area contributed by atoms with E-state index in [2.05, 4.69) is 22.3 Å². The van der Waals surface area contributed by atoms with Crippen LogP contribution in [0.15, 0.2) is 42.5 Å². The molecule has 1 fully saturated rings. The molecule has 1 N–H and O–H groups in total. The van der Waals surface area contributed by atoms with Crippen molar-refractivity contribution in [3.05, 3.63) is 48.0 Å². The number of piperidine rings is 1. The van der Waals surface area contributed by atoms with Gasteiger partial charge < -0.3 is 19.7 Å². The van der Waals surface area contributed by atoms with E-state index in [-0.39, 0.29) is 0 Å². The van der Waals surface area contributed by atoms with E-state index in [9.17, 15) is 0 Å². The lowest BCUT2D eigenvalue weighted by Gasteiger charge is -2.29. The highest BCUT2D eigenvalue weighted by atomic mass is 16.5. The average Bonchev–Trinajstić information content (AvgIpc) is 2.77. The maximum atomic E-state index is 5.50. The van der Waals surface area contributed by atoms with E-state index in [0.29, 0.717) is 12.5 Å². The molecule has 1 aliphatic rings. The van der Waals surface area contributed by atoms with Crippen molar-refractivity contribution in [1.82, 2.24) is 9.97 Å². The molecule has 0 amide bonds. The SMILES string of the molecule is COc1ccc(CNc2nc(N3CCCCC3)c3ccccc3n2)c(OC)c1. The highest BCUT2D eigenvalue weighted by Crippen LogP contribution is 2.29. The van der Waals surface area contributed by atoms with Crippen molar-refractivity contribution in [2.24, 2.45) is 0 Å². The number of methoxy groups -OCH3 is 2. The summed E-state index contributed by atoms with van der Waals surface area (Å²) in [5.74, 6) is 3.21. The second-order valence-corrected chi connectivity index (χ2v) is 6.97. The number of ether oxygens (including phenoxy) is 2. The number of nitrogens with zero attached hydrogens (tertiary/aromatic N) is 3. The molecule has 28 heavy (non-hydrogen) atoms. The summed E-state index contributed by atoms with van der Waals surface area (Å²) < 4.78 is 10.8. The van der Waals surface area contributed by atoms with E-state index >= 15 is 0 Å². The largest absolute Gasteiger partial charge is 0.497 e. The van der Waals surface area contributed by atoms with Crippen molar-refractivity contribution in [3.63, 3.8) is 0 Å². The van der Waals surface area contributed by atoms with E-state index in [0.717, 1.165) is 46.9 Å². The normalized spacial score (nSPS) is 14.1. The van der Waals surface area contributed by atoms with E-state index in [4.69, 9.17) is 19.4 Å². The lowest BCUT2D eigenvalue weighted by atomic mass is 10.1. The fourth-order valence-corrected chi connectivity index (χ4v) is 3.66. The summed E-state index contributed by atoms with van der Waals surface area (Å²) in [5.41, 5.74) is 1.99. The predicted octanol–water partition coefficient (Wildman–Crippen LogP) is 4.25.